The zero-order valence-corrected chi connectivity index (χ0v) is 14.6. The first-order valence-electron chi connectivity index (χ1n) is 7.78. The van der Waals surface area contributed by atoms with E-state index in [1.54, 1.807) is 18.2 Å². The van der Waals surface area contributed by atoms with Crippen molar-refractivity contribution >= 4 is 23.6 Å². The van der Waals surface area contributed by atoms with Crippen LogP contribution in [0.3, 0.4) is 0 Å². The van der Waals surface area contributed by atoms with E-state index in [-0.39, 0.29) is 23.2 Å². The van der Waals surface area contributed by atoms with Gasteiger partial charge in [-0.3, -0.25) is 4.79 Å². The molecule has 0 atom stereocenters. The van der Waals surface area contributed by atoms with Crippen molar-refractivity contribution < 1.29 is 32.6 Å². The van der Waals surface area contributed by atoms with Crippen LogP contribution in [0.1, 0.15) is 12.5 Å². The molecule has 2 aromatic rings. The quantitative estimate of drug-likeness (QED) is 0.450. The Morgan fingerprint density at radius 2 is 1.89 bits per heavy atom. The first kappa shape index (κ1) is 19.9. The van der Waals surface area contributed by atoms with Crippen molar-refractivity contribution in [1.29, 1.82) is 0 Å². The van der Waals surface area contributed by atoms with E-state index in [0.717, 1.165) is 0 Å². The fourth-order valence-electron chi connectivity index (χ4n) is 2.14. The highest BCUT2D eigenvalue weighted by molar-refractivity contribution is 5.90. The summed E-state index contributed by atoms with van der Waals surface area (Å²) in [5.41, 5.74) is 1.02. The van der Waals surface area contributed by atoms with Gasteiger partial charge >= 0.3 is 12.6 Å². The molecule has 0 heterocycles. The Morgan fingerprint density at radius 3 is 2.56 bits per heavy atom. The Kier molecular flexibility index (Phi) is 6.87. The lowest BCUT2D eigenvalue weighted by Crippen LogP contribution is -2.07. The summed E-state index contributed by atoms with van der Waals surface area (Å²) in [4.78, 5) is 23.0. The van der Waals surface area contributed by atoms with E-state index < -0.39 is 12.6 Å². The fraction of sp³-hybridized carbons (Fsp3) is 0.158. The number of carbonyl (C=O) groups is 2. The molecule has 0 fully saturated rings. The average molecular weight is 377 g/mol. The normalized spacial score (nSPS) is 10.7. The monoisotopic (exact) mass is 377 g/mol. The van der Waals surface area contributed by atoms with Crippen molar-refractivity contribution in [3.63, 3.8) is 0 Å². The van der Waals surface area contributed by atoms with Crippen molar-refractivity contribution in [3.8, 4) is 17.2 Å². The third-order valence-electron chi connectivity index (χ3n) is 3.19. The van der Waals surface area contributed by atoms with Gasteiger partial charge in [-0.15, -0.1) is 0 Å². The molecule has 2 rings (SSSR count). The molecular formula is C19H17F2NO5. The van der Waals surface area contributed by atoms with E-state index in [1.165, 1.54) is 50.5 Å². The highest BCUT2D eigenvalue weighted by Crippen LogP contribution is 2.29. The second-order valence-corrected chi connectivity index (χ2v) is 5.25. The van der Waals surface area contributed by atoms with E-state index in [0.29, 0.717) is 11.3 Å². The second kappa shape index (κ2) is 9.33. The Labute approximate surface area is 154 Å². The number of nitrogens with one attached hydrogen (secondary N) is 1. The van der Waals surface area contributed by atoms with Gasteiger partial charge in [0.2, 0.25) is 5.91 Å². The van der Waals surface area contributed by atoms with Crippen LogP contribution in [0.25, 0.3) is 6.08 Å². The highest BCUT2D eigenvalue weighted by Gasteiger charge is 2.10. The van der Waals surface area contributed by atoms with Crippen molar-refractivity contribution in [2.75, 3.05) is 12.4 Å². The predicted octanol–water partition coefficient (Wildman–Crippen LogP) is 3.87. The molecule has 0 bridgehead atoms. The summed E-state index contributed by atoms with van der Waals surface area (Å²) in [7, 11) is 1.32. The molecule has 0 aliphatic rings. The van der Waals surface area contributed by atoms with E-state index >= 15 is 0 Å². The minimum Gasteiger partial charge on any atom is -0.493 e. The summed E-state index contributed by atoms with van der Waals surface area (Å²) >= 11 is 0. The van der Waals surface area contributed by atoms with Gasteiger partial charge in [-0.2, -0.15) is 8.78 Å². The molecule has 6 nitrogen and oxygen atoms in total. The molecule has 8 heteroatoms. The fourth-order valence-corrected chi connectivity index (χ4v) is 2.14. The predicted molar refractivity (Wildman–Crippen MR) is 95.0 cm³/mol. The van der Waals surface area contributed by atoms with Gasteiger partial charge in [0.25, 0.3) is 0 Å². The van der Waals surface area contributed by atoms with Gasteiger partial charge in [-0.25, -0.2) is 4.79 Å². The summed E-state index contributed by atoms with van der Waals surface area (Å²) in [5, 5.41) is 2.58. The van der Waals surface area contributed by atoms with Crippen LogP contribution in [0.5, 0.6) is 17.2 Å². The Balaban J connectivity index is 2.05. The summed E-state index contributed by atoms with van der Waals surface area (Å²) in [6, 6.07) is 10.6. The van der Waals surface area contributed by atoms with E-state index in [1.807, 2.05) is 0 Å². The van der Waals surface area contributed by atoms with Gasteiger partial charge in [0, 0.05) is 24.8 Å². The zero-order valence-electron chi connectivity index (χ0n) is 14.6. The first-order valence-corrected chi connectivity index (χ1v) is 7.78. The largest absolute Gasteiger partial charge is 0.493 e. The molecule has 0 aliphatic carbocycles. The third kappa shape index (κ3) is 6.43. The maximum atomic E-state index is 12.3. The number of alkyl halides is 2. The van der Waals surface area contributed by atoms with Gasteiger partial charge in [0.15, 0.2) is 11.5 Å². The number of esters is 1. The molecule has 1 amide bonds. The number of anilines is 1. The van der Waals surface area contributed by atoms with Gasteiger partial charge in [0.05, 0.1) is 7.11 Å². The third-order valence-corrected chi connectivity index (χ3v) is 3.19. The number of ether oxygens (including phenoxy) is 3. The second-order valence-electron chi connectivity index (χ2n) is 5.25. The molecule has 2 aromatic carbocycles. The molecule has 0 radical (unpaired) electrons. The Morgan fingerprint density at radius 1 is 1.11 bits per heavy atom. The van der Waals surface area contributed by atoms with Crippen LogP contribution in [0.4, 0.5) is 14.5 Å². The van der Waals surface area contributed by atoms with E-state index in [2.05, 4.69) is 10.1 Å². The summed E-state index contributed by atoms with van der Waals surface area (Å²) < 4.78 is 39.1. The van der Waals surface area contributed by atoms with Crippen molar-refractivity contribution in [3.05, 3.63) is 54.1 Å². The molecule has 0 saturated heterocycles. The molecule has 142 valence electrons. The van der Waals surface area contributed by atoms with Crippen molar-refractivity contribution in [1.82, 2.24) is 0 Å². The molecule has 27 heavy (non-hydrogen) atoms. The lowest BCUT2D eigenvalue weighted by atomic mass is 10.2. The molecule has 0 unspecified atom stereocenters. The number of amides is 1. The van der Waals surface area contributed by atoms with E-state index in [4.69, 9.17) is 9.47 Å². The number of halogens is 2. The Hall–Kier alpha value is -3.42. The van der Waals surface area contributed by atoms with Crippen LogP contribution in [-0.4, -0.2) is 25.6 Å². The minimum atomic E-state index is -2.97. The topological polar surface area (TPSA) is 73.9 Å². The van der Waals surface area contributed by atoms with Gasteiger partial charge in [-0.1, -0.05) is 12.1 Å². The molecule has 0 aromatic heterocycles. The van der Waals surface area contributed by atoms with Crippen molar-refractivity contribution in [2.45, 2.75) is 13.5 Å². The summed E-state index contributed by atoms with van der Waals surface area (Å²) in [6.45, 7) is -1.60. The molecule has 0 spiro atoms. The van der Waals surface area contributed by atoms with E-state index in [9.17, 15) is 18.4 Å². The SMILES string of the molecule is COc1cc(/C=C/C(=O)Oc2cccc(NC(C)=O)c2)ccc1OC(F)F. The van der Waals surface area contributed by atoms with Crippen LogP contribution in [0.15, 0.2) is 48.5 Å². The van der Waals surface area contributed by atoms with Gasteiger partial charge in [-0.05, 0) is 35.9 Å². The first-order chi connectivity index (χ1) is 12.9. The number of methoxy groups -OCH3 is 1. The lowest BCUT2D eigenvalue weighted by Gasteiger charge is -2.10. The van der Waals surface area contributed by atoms with Crippen LogP contribution >= 0.6 is 0 Å². The minimum absolute atomic E-state index is 0.105. The Bertz CT molecular complexity index is 852. The summed E-state index contributed by atoms with van der Waals surface area (Å²) in [6.07, 6.45) is 2.61. The maximum Gasteiger partial charge on any atom is 0.387 e. The zero-order chi connectivity index (χ0) is 19.8. The van der Waals surface area contributed by atoms with Crippen LogP contribution in [-0.2, 0) is 9.59 Å². The van der Waals surface area contributed by atoms with Crippen LogP contribution < -0.4 is 19.5 Å². The number of rotatable bonds is 7. The molecular weight excluding hydrogens is 360 g/mol. The standard InChI is InChI=1S/C19H17F2NO5/c1-12(23)22-14-4-3-5-15(11-14)26-18(24)9-7-13-6-8-16(27-19(20)21)17(10-13)25-2/h3-11,19H,1-2H3,(H,22,23)/b9-7+. The number of hydrogen-bond acceptors (Lipinski definition) is 5. The van der Waals surface area contributed by atoms with Gasteiger partial charge < -0.3 is 19.5 Å². The van der Waals surface area contributed by atoms with Crippen LogP contribution in [0, 0.1) is 0 Å². The van der Waals surface area contributed by atoms with Gasteiger partial charge in [0.1, 0.15) is 5.75 Å². The average Bonchev–Trinajstić information content (AvgIpc) is 2.60. The summed E-state index contributed by atoms with van der Waals surface area (Å²) in [5.74, 6) is -0.640. The smallest absolute Gasteiger partial charge is 0.387 e. The number of benzene rings is 2. The lowest BCUT2D eigenvalue weighted by molar-refractivity contribution is -0.128. The van der Waals surface area contributed by atoms with Crippen molar-refractivity contribution in [2.24, 2.45) is 0 Å². The number of carbonyl (C=O) groups excluding carboxylic acids is 2. The highest BCUT2D eigenvalue weighted by atomic mass is 19.3. The van der Waals surface area contributed by atoms with Crippen LogP contribution in [0.2, 0.25) is 0 Å². The molecule has 0 saturated carbocycles. The molecule has 1 N–H and O–H groups in total. The number of hydrogen-bond donors (Lipinski definition) is 1. The maximum absolute atomic E-state index is 12.3. The molecule has 0 aliphatic heterocycles.